The van der Waals surface area contributed by atoms with Crippen LogP contribution in [0.2, 0.25) is 0 Å². The van der Waals surface area contributed by atoms with Gasteiger partial charge in [0.1, 0.15) is 9.79 Å². The highest BCUT2D eigenvalue weighted by Gasteiger charge is 2.22. The Hall–Kier alpha value is -5.26. The van der Waals surface area contributed by atoms with Crippen LogP contribution in [-0.4, -0.2) is 111 Å². The molecular weight excluding hydrogens is 709 g/mol. The molecule has 22 heteroatoms. The minimum Gasteiger partial charge on any atom is -0.378 e. The highest BCUT2D eigenvalue weighted by atomic mass is 32.2. The molecule has 2 aliphatic heterocycles. The Kier molecular flexibility index (Phi) is 10.4. The first-order valence-corrected chi connectivity index (χ1v) is 18.2. The first-order chi connectivity index (χ1) is 24.4. The molecule has 0 atom stereocenters. The summed E-state index contributed by atoms with van der Waals surface area (Å²) in [6.45, 7) is 4.21. The Morgan fingerprint density at radius 2 is 1.14 bits per heavy atom. The first-order valence-electron chi connectivity index (χ1n) is 15.3. The lowest BCUT2D eigenvalue weighted by atomic mass is 10.1. The molecule has 20 nitrogen and oxygen atoms in total. The molecule has 2 aromatic carbocycles. The molecular formula is C29H34N12O8S2. The Bertz CT molecular complexity index is 2160. The predicted octanol–water partition coefficient (Wildman–Crippen LogP) is 1.13. The van der Waals surface area contributed by atoms with Crippen LogP contribution in [0.1, 0.15) is 11.1 Å². The number of nitrogens with two attached hydrogens (primary N) is 2. The van der Waals surface area contributed by atoms with Crippen LogP contribution in [0.15, 0.2) is 46.2 Å². The van der Waals surface area contributed by atoms with Gasteiger partial charge in [-0.3, -0.25) is 8.74 Å². The number of morpholine rings is 2. The highest BCUT2D eigenvalue weighted by molar-refractivity contribution is 7.87. The SMILES string of the molecule is COS(=O)(=O)c1cc(Nc2nc(N)nc(N3CCOCC3)n2)ccc1/C=C/c1ccc(Nc2nc(N)nc(N3CCOCC3)n2)cc1S(=O)(=O)O. The van der Waals surface area contributed by atoms with E-state index in [4.69, 9.17) is 25.1 Å². The summed E-state index contributed by atoms with van der Waals surface area (Å²) in [4.78, 5) is 28.4. The Morgan fingerprint density at radius 1 is 0.706 bits per heavy atom. The summed E-state index contributed by atoms with van der Waals surface area (Å²) in [5, 5.41) is 5.84. The maximum atomic E-state index is 13.0. The van der Waals surface area contributed by atoms with Gasteiger partial charge in [0.2, 0.25) is 35.7 Å². The van der Waals surface area contributed by atoms with Crippen LogP contribution in [0.4, 0.5) is 47.1 Å². The van der Waals surface area contributed by atoms with Gasteiger partial charge in [-0.1, -0.05) is 24.3 Å². The molecule has 4 heterocycles. The monoisotopic (exact) mass is 742 g/mol. The molecule has 2 aromatic heterocycles. The van der Waals surface area contributed by atoms with E-state index < -0.39 is 25.1 Å². The van der Waals surface area contributed by atoms with Gasteiger partial charge >= 0.3 is 0 Å². The number of aromatic nitrogens is 6. The van der Waals surface area contributed by atoms with Crippen molar-refractivity contribution in [3.05, 3.63) is 47.5 Å². The fraction of sp³-hybridized carbons (Fsp3) is 0.310. The second-order valence-corrected chi connectivity index (χ2v) is 14.1. The summed E-state index contributed by atoms with van der Waals surface area (Å²) in [5.74, 6) is 0.696. The van der Waals surface area contributed by atoms with E-state index >= 15 is 0 Å². The third-order valence-electron chi connectivity index (χ3n) is 7.62. The van der Waals surface area contributed by atoms with Crippen LogP contribution in [0.5, 0.6) is 0 Å². The molecule has 2 saturated heterocycles. The molecule has 2 fully saturated rings. The molecule has 6 rings (SSSR count). The van der Waals surface area contributed by atoms with Gasteiger partial charge in [-0.05, 0) is 35.4 Å². The van der Waals surface area contributed by atoms with Gasteiger partial charge < -0.3 is 41.4 Å². The smallest absolute Gasteiger partial charge is 0.297 e. The highest BCUT2D eigenvalue weighted by Crippen LogP contribution is 2.29. The van der Waals surface area contributed by atoms with E-state index in [2.05, 4.69) is 40.5 Å². The summed E-state index contributed by atoms with van der Waals surface area (Å²) in [7, 11) is -8.04. The molecule has 0 amide bonds. The molecule has 0 unspecified atom stereocenters. The molecule has 0 aliphatic carbocycles. The Balaban J connectivity index is 1.27. The van der Waals surface area contributed by atoms with E-state index in [0.29, 0.717) is 64.5 Å². The van der Waals surface area contributed by atoms with Crippen molar-refractivity contribution in [2.45, 2.75) is 9.79 Å². The molecule has 0 bridgehead atoms. The van der Waals surface area contributed by atoms with Crippen LogP contribution >= 0.6 is 0 Å². The van der Waals surface area contributed by atoms with E-state index in [1.54, 1.807) is 6.07 Å². The van der Waals surface area contributed by atoms with Gasteiger partial charge in [-0.15, -0.1) is 0 Å². The van der Waals surface area contributed by atoms with Gasteiger partial charge in [0.05, 0.1) is 33.5 Å². The van der Waals surface area contributed by atoms with Crippen LogP contribution in [0.3, 0.4) is 0 Å². The molecule has 7 N–H and O–H groups in total. The quantitative estimate of drug-likeness (QED) is 0.0818. The van der Waals surface area contributed by atoms with Crippen molar-refractivity contribution in [2.24, 2.45) is 0 Å². The third kappa shape index (κ3) is 8.73. The van der Waals surface area contributed by atoms with Crippen molar-refractivity contribution in [3.8, 4) is 0 Å². The van der Waals surface area contributed by atoms with E-state index in [1.807, 2.05) is 9.80 Å². The minimum absolute atomic E-state index is 0.0377. The summed E-state index contributed by atoms with van der Waals surface area (Å²) in [5.41, 5.74) is 12.5. The average molecular weight is 743 g/mol. The van der Waals surface area contributed by atoms with E-state index in [9.17, 15) is 21.4 Å². The maximum absolute atomic E-state index is 13.0. The van der Waals surface area contributed by atoms with Crippen molar-refractivity contribution in [2.75, 3.05) is 91.6 Å². The van der Waals surface area contributed by atoms with Gasteiger partial charge in [0.25, 0.3) is 20.2 Å². The van der Waals surface area contributed by atoms with Crippen molar-refractivity contribution in [3.63, 3.8) is 0 Å². The van der Waals surface area contributed by atoms with E-state index in [-0.39, 0.29) is 51.2 Å². The van der Waals surface area contributed by atoms with Gasteiger partial charge in [0.15, 0.2) is 0 Å². The topological polar surface area (TPSA) is 276 Å². The van der Waals surface area contributed by atoms with Crippen molar-refractivity contribution in [1.82, 2.24) is 29.9 Å². The summed E-state index contributed by atoms with van der Waals surface area (Å²) < 4.78 is 76.6. The van der Waals surface area contributed by atoms with Gasteiger partial charge in [-0.25, -0.2) is 0 Å². The molecule has 4 aromatic rings. The number of hydrogen-bond acceptors (Lipinski definition) is 19. The molecule has 0 radical (unpaired) electrons. The number of rotatable bonds is 11. The van der Waals surface area contributed by atoms with Gasteiger partial charge in [0, 0.05) is 37.6 Å². The molecule has 0 spiro atoms. The minimum atomic E-state index is -4.77. The molecule has 51 heavy (non-hydrogen) atoms. The average Bonchev–Trinajstić information content (AvgIpc) is 3.11. The third-order valence-corrected chi connectivity index (χ3v) is 9.86. The predicted molar refractivity (Wildman–Crippen MR) is 187 cm³/mol. The number of benzene rings is 2. The van der Waals surface area contributed by atoms with E-state index in [0.717, 1.165) is 7.11 Å². The van der Waals surface area contributed by atoms with Crippen LogP contribution in [0.25, 0.3) is 12.2 Å². The lowest BCUT2D eigenvalue weighted by Gasteiger charge is -2.26. The number of nitrogens with zero attached hydrogens (tertiary/aromatic N) is 8. The number of nitrogen functional groups attached to an aromatic ring is 2. The zero-order valence-corrected chi connectivity index (χ0v) is 28.8. The summed E-state index contributed by atoms with van der Waals surface area (Å²) in [6, 6.07) is 8.44. The normalized spacial score (nSPS) is 15.6. The van der Waals surface area contributed by atoms with E-state index in [1.165, 1.54) is 42.5 Å². The van der Waals surface area contributed by atoms with Crippen LogP contribution in [0, 0.1) is 0 Å². The number of anilines is 8. The van der Waals surface area contributed by atoms with Crippen molar-refractivity contribution in [1.29, 1.82) is 0 Å². The lowest BCUT2D eigenvalue weighted by molar-refractivity contribution is 0.122. The zero-order valence-electron chi connectivity index (χ0n) is 27.1. The summed E-state index contributed by atoms with van der Waals surface area (Å²) >= 11 is 0. The largest absolute Gasteiger partial charge is 0.378 e. The number of ether oxygens (including phenoxy) is 2. The number of hydrogen-bond donors (Lipinski definition) is 5. The van der Waals surface area contributed by atoms with Gasteiger partial charge in [-0.2, -0.15) is 46.7 Å². The molecule has 0 saturated carbocycles. The fourth-order valence-corrected chi connectivity index (χ4v) is 6.74. The summed E-state index contributed by atoms with van der Waals surface area (Å²) in [6.07, 6.45) is 2.70. The van der Waals surface area contributed by atoms with Crippen molar-refractivity contribution < 1.29 is 35.0 Å². The zero-order chi connectivity index (χ0) is 36.2. The lowest BCUT2D eigenvalue weighted by Crippen LogP contribution is -2.37. The Labute approximate surface area is 292 Å². The standard InChI is InChI=1S/C29H34N12O8S2/c1-47-51(45,46)23-17-21(33-27-35-25(31)37-29(39-27)41-10-14-49-15-11-41)7-5-19(23)3-2-18-4-6-20(16-22(18)50(42,43)44)32-26-34-24(30)36-28(38-26)40-8-12-48-13-9-40/h2-7,16-17H,8-15H2,1H3,(H,42,43,44)(H3,30,32,34,36,38)(H3,31,33,35,37,39)/b3-2+. The maximum Gasteiger partial charge on any atom is 0.297 e. The van der Waals surface area contributed by atoms with Crippen LogP contribution < -0.4 is 31.9 Å². The molecule has 2 aliphatic rings. The molecule has 270 valence electrons. The second-order valence-electron chi connectivity index (χ2n) is 11.0. The first kappa shape index (κ1) is 35.6. The second kappa shape index (κ2) is 14.9. The fourth-order valence-electron chi connectivity index (χ4n) is 5.15. The number of nitrogens with one attached hydrogen (secondary N) is 2. The van der Waals surface area contributed by atoms with Crippen molar-refractivity contribution >= 4 is 79.5 Å². The Morgan fingerprint density at radius 3 is 1.57 bits per heavy atom. The van der Waals surface area contributed by atoms with Crippen LogP contribution in [-0.2, 0) is 33.9 Å².